The van der Waals surface area contributed by atoms with Crippen molar-refractivity contribution in [3.05, 3.63) is 76.0 Å². The number of aromatic nitrogens is 3. The number of carbonyl (C=O) groups excluding carboxylic acids is 1. The molecule has 5 heterocycles. The molecule has 0 atom stereocenters. The Morgan fingerprint density at radius 2 is 2.00 bits per heavy atom. The lowest BCUT2D eigenvalue weighted by Crippen LogP contribution is -2.41. The Bertz CT molecular complexity index is 1420. The molecule has 1 amide bonds. The van der Waals surface area contributed by atoms with Crippen molar-refractivity contribution in [3.8, 4) is 0 Å². The third-order valence-electron chi connectivity index (χ3n) is 5.81. The van der Waals surface area contributed by atoms with Gasteiger partial charge in [-0.3, -0.25) is 24.3 Å². The van der Waals surface area contributed by atoms with Gasteiger partial charge < -0.3 is 19.0 Å². The van der Waals surface area contributed by atoms with E-state index in [1.807, 2.05) is 6.07 Å². The van der Waals surface area contributed by atoms with Crippen molar-refractivity contribution in [3.63, 3.8) is 0 Å². The summed E-state index contributed by atoms with van der Waals surface area (Å²) in [7, 11) is 0. The van der Waals surface area contributed by atoms with Gasteiger partial charge in [-0.2, -0.15) is 0 Å². The van der Waals surface area contributed by atoms with Crippen molar-refractivity contribution in [1.82, 2.24) is 24.2 Å². The van der Waals surface area contributed by atoms with Crippen LogP contribution < -0.4 is 16.4 Å². The van der Waals surface area contributed by atoms with Crippen LogP contribution >= 0.6 is 0 Å². The molecule has 10 heteroatoms. The lowest BCUT2D eigenvalue weighted by molar-refractivity contribution is 0.0363. The van der Waals surface area contributed by atoms with Crippen molar-refractivity contribution in [2.45, 2.75) is 13.1 Å². The van der Waals surface area contributed by atoms with Crippen LogP contribution in [0.4, 0.5) is 0 Å². The van der Waals surface area contributed by atoms with Gasteiger partial charge in [0.2, 0.25) is 0 Å². The summed E-state index contributed by atoms with van der Waals surface area (Å²) in [4.78, 5) is 33.1. The third kappa shape index (κ3) is 4.18. The molecule has 10 nitrogen and oxygen atoms in total. The topological polar surface area (TPSA) is 118 Å². The molecule has 1 aliphatic rings. The largest absolute Gasteiger partial charge is 0.467 e. The number of ether oxygens (including phenoxy) is 1. The third-order valence-corrected chi connectivity index (χ3v) is 5.81. The number of nitrogens with zero attached hydrogens (tertiary/aromatic N) is 4. The first-order valence-electron chi connectivity index (χ1n) is 10.8. The van der Waals surface area contributed by atoms with Gasteiger partial charge in [0.05, 0.1) is 37.0 Å². The quantitative estimate of drug-likeness (QED) is 0.425. The molecule has 0 aromatic carbocycles. The molecule has 4 aromatic rings. The standard InChI is InChI=1S/C23H24N6O4/c24-20-17(22(30)25-15-16-4-3-11-33-16)14-18-21(26-19-5-1-2-6-28(19)23(18)31)29(20)8-7-27-9-12-32-13-10-27/h1-6,11,14,24H,7-10,12-13,15H2,(H,25,30). The van der Waals surface area contributed by atoms with Crippen LogP contribution in [0, 0.1) is 5.41 Å². The van der Waals surface area contributed by atoms with E-state index in [2.05, 4.69) is 15.2 Å². The number of rotatable bonds is 6. The fourth-order valence-electron chi connectivity index (χ4n) is 4.02. The molecule has 33 heavy (non-hydrogen) atoms. The Kier molecular flexibility index (Phi) is 5.76. The van der Waals surface area contributed by atoms with Crippen LogP contribution in [-0.2, 0) is 17.8 Å². The van der Waals surface area contributed by atoms with Crippen molar-refractivity contribution < 1.29 is 13.9 Å². The zero-order valence-corrected chi connectivity index (χ0v) is 18.0. The Hall–Kier alpha value is -3.76. The van der Waals surface area contributed by atoms with Crippen LogP contribution in [0.3, 0.4) is 0 Å². The molecule has 0 aliphatic carbocycles. The minimum absolute atomic E-state index is 0.0138. The van der Waals surface area contributed by atoms with Crippen LogP contribution in [0.5, 0.6) is 0 Å². The van der Waals surface area contributed by atoms with Crippen LogP contribution in [0.15, 0.2) is 58.1 Å². The lowest BCUT2D eigenvalue weighted by Gasteiger charge is -2.27. The Balaban J connectivity index is 1.59. The van der Waals surface area contributed by atoms with Gasteiger partial charge in [-0.25, -0.2) is 4.98 Å². The summed E-state index contributed by atoms with van der Waals surface area (Å²) in [6.07, 6.45) is 3.18. The predicted octanol–water partition coefficient (Wildman–Crippen LogP) is 0.984. The highest BCUT2D eigenvalue weighted by molar-refractivity contribution is 5.96. The smallest absolute Gasteiger partial charge is 0.267 e. The number of morpholine rings is 1. The van der Waals surface area contributed by atoms with E-state index in [0.717, 1.165) is 13.1 Å². The number of pyridine rings is 2. The normalized spacial score (nSPS) is 14.7. The molecule has 2 N–H and O–H groups in total. The van der Waals surface area contributed by atoms with E-state index in [0.29, 0.717) is 48.7 Å². The maximum atomic E-state index is 13.3. The number of hydrogen-bond donors (Lipinski definition) is 2. The van der Waals surface area contributed by atoms with E-state index in [1.54, 1.807) is 35.0 Å². The van der Waals surface area contributed by atoms with Gasteiger partial charge in [-0.05, 0) is 30.3 Å². The zero-order valence-electron chi connectivity index (χ0n) is 18.0. The van der Waals surface area contributed by atoms with Crippen molar-refractivity contribution >= 4 is 22.6 Å². The molecular formula is C23H24N6O4. The van der Waals surface area contributed by atoms with Gasteiger partial charge >= 0.3 is 0 Å². The summed E-state index contributed by atoms with van der Waals surface area (Å²) >= 11 is 0. The predicted molar refractivity (Wildman–Crippen MR) is 120 cm³/mol. The fourth-order valence-corrected chi connectivity index (χ4v) is 4.02. The van der Waals surface area contributed by atoms with Crippen LogP contribution in [0.25, 0.3) is 16.7 Å². The van der Waals surface area contributed by atoms with E-state index < -0.39 is 5.91 Å². The summed E-state index contributed by atoms with van der Waals surface area (Å²) < 4.78 is 13.8. The molecule has 0 unspecified atom stereocenters. The molecule has 5 rings (SSSR count). The molecular weight excluding hydrogens is 424 g/mol. The zero-order chi connectivity index (χ0) is 22.8. The first kappa shape index (κ1) is 21.1. The van der Waals surface area contributed by atoms with E-state index in [-0.39, 0.29) is 23.2 Å². The van der Waals surface area contributed by atoms with Gasteiger partial charge in [-0.15, -0.1) is 0 Å². The number of carbonyl (C=O) groups is 1. The van der Waals surface area contributed by atoms with Crippen molar-refractivity contribution in [1.29, 1.82) is 5.41 Å². The number of furan rings is 1. The molecule has 1 saturated heterocycles. The second-order valence-electron chi connectivity index (χ2n) is 7.86. The highest BCUT2D eigenvalue weighted by Gasteiger charge is 2.19. The second-order valence-corrected chi connectivity index (χ2v) is 7.86. The molecule has 4 aromatic heterocycles. The average Bonchev–Trinajstić information content (AvgIpc) is 3.36. The minimum Gasteiger partial charge on any atom is -0.467 e. The van der Waals surface area contributed by atoms with E-state index in [1.165, 1.54) is 16.7 Å². The van der Waals surface area contributed by atoms with Gasteiger partial charge in [0, 0.05) is 32.4 Å². The average molecular weight is 448 g/mol. The summed E-state index contributed by atoms with van der Waals surface area (Å²) in [6, 6.07) is 10.3. The summed E-state index contributed by atoms with van der Waals surface area (Å²) in [6.45, 7) is 4.19. The second kappa shape index (κ2) is 9.00. The van der Waals surface area contributed by atoms with Crippen LogP contribution in [0.1, 0.15) is 16.1 Å². The Morgan fingerprint density at radius 3 is 2.79 bits per heavy atom. The molecule has 170 valence electrons. The van der Waals surface area contributed by atoms with Gasteiger partial charge in [0.15, 0.2) is 0 Å². The number of fused-ring (bicyclic) bond motifs is 2. The molecule has 0 spiro atoms. The van der Waals surface area contributed by atoms with Crippen molar-refractivity contribution in [2.24, 2.45) is 0 Å². The fraction of sp³-hybridized carbons (Fsp3) is 0.304. The van der Waals surface area contributed by atoms with Crippen LogP contribution in [0.2, 0.25) is 0 Å². The maximum Gasteiger partial charge on any atom is 0.267 e. The SMILES string of the molecule is N=c1c(C(=O)NCc2ccco2)cc2c(=O)n3ccccc3nc2n1CCN1CCOCC1. The first-order chi connectivity index (χ1) is 16.1. The summed E-state index contributed by atoms with van der Waals surface area (Å²) in [5, 5.41) is 11.9. The molecule has 0 bridgehead atoms. The number of amides is 1. The van der Waals surface area contributed by atoms with Gasteiger partial charge in [0.1, 0.15) is 22.5 Å². The highest BCUT2D eigenvalue weighted by atomic mass is 16.5. The summed E-state index contributed by atoms with van der Waals surface area (Å²) in [5.41, 5.74) is 0.734. The maximum absolute atomic E-state index is 13.3. The van der Waals surface area contributed by atoms with Gasteiger partial charge in [0.25, 0.3) is 11.5 Å². The monoisotopic (exact) mass is 448 g/mol. The minimum atomic E-state index is -0.448. The summed E-state index contributed by atoms with van der Waals surface area (Å²) in [5.74, 6) is 0.152. The van der Waals surface area contributed by atoms with Gasteiger partial charge in [-0.1, -0.05) is 6.07 Å². The lowest BCUT2D eigenvalue weighted by atomic mass is 10.2. The Morgan fingerprint density at radius 1 is 1.15 bits per heavy atom. The molecule has 0 saturated carbocycles. The van der Waals surface area contributed by atoms with E-state index in [4.69, 9.17) is 14.6 Å². The van der Waals surface area contributed by atoms with E-state index in [9.17, 15) is 9.59 Å². The molecule has 1 fully saturated rings. The molecule has 1 aliphatic heterocycles. The first-order valence-corrected chi connectivity index (χ1v) is 10.8. The highest BCUT2D eigenvalue weighted by Crippen LogP contribution is 2.11. The number of nitrogens with one attached hydrogen (secondary N) is 2. The van der Waals surface area contributed by atoms with E-state index >= 15 is 0 Å². The Labute approximate surface area is 188 Å². The van der Waals surface area contributed by atoms with Crippen molar-refractivity contribution in [2.75, 3.05) is 32.8 Å². The molecule has 0 radical (unpaired) electrons. The number of hydrogen-bond acceptors (Lipinski definition) is 7. The van der Waals surface area contributed by atoms with Crippen LogP contribution in [-0.4, -0.2) is 57.6 Å².